The van der Waals surface area contributed by atoms with Gasteiger partial charge in [-0.1, -0.05) is 17.7 Å². The predicted molar refractivity (Wildman–Crippen MR) is 187 cm³/mol. The SMILES string of the molecule is N#Cc1c(N)sc2c(F)ccc(-c3c(Cl)cc4c(O[C@@H]5CCC(NC(=O)[C@@H]6N[C@H]6C6CC6)C5)nc(OCC56CCCN5C[C@H](F)C6)nc4c3F)c12. The number of anilines is 1. The molecule has 5 aliphatic rings. The first kappa shape index (κ1) is 33.0. The van der Waals surface area contributed by atoms with Gasteiger partial charge in [0.05, 0.1) is 26.2 Å². The average Bonchev–Trinajstić information content (AvgIpc) is 3.95. The van der Waals surface area contributed by atoms with Gasteiger partial charge < -0.3 is 20.5 Å². The molecule has 3 saturated heterocycles. The van der Waals surface area contributed by atoms with Gasteiger partial charge in [0, 0.05) is 42.4 Å². The number of nitrogen functional groups attached to an aromatic ring is 1. The van der Waals surface area contributed by atoms with Crippen molar-refractivity contribution in [1.29, 1.82) is 5.26 Å². The molecule has 2 unspecified atom stereocenters. The Hall–Kier alpha value is -3.90. The molecular formula is C36H35ClF3N7O3S. The van der Waals surface area contributed by atoms with Crippen LogP contribution in [-0.2, 0) is 4.79 Å². The summed E-state index contributed by atoms with van der Waals surface area (Å²) in [6.45, 7) is 1.23. The number of amides is 1. The van der Waals surface area contributed by atoms with Crippen LogP contribution in [0.3, 0.4) is 0 Å². The van der Waals surface area contributed by atoms with Gasteiger partial charge in [0.15, 0.2) is 5.82 Å². The number of nitrogens with two attached hydrogens (primary N) is 1. The third kappa shape index (κ3) is 5.73. The van der Waals surface area contributed by atoms with Crippen molar-refractivity contribution in [1.82, 2.24) is 25.5 Å². The largest absolute Gasteiger partial charge is 0.474 e. The van der Waals surface area contributed by atoms with E-state index in [1.54, 1.807) is 0 Å². The molecule has 0 spiro atoms. The summed E-state index contributed by atoms with van der Waals surface area (Å²) in [5, 5.41) is 16.8. The van der Waals surface area contributed by atoms with Gasteiger partial charge in [-0.15, -0.1) is 11.3 Å². The molecule has 1 amide bonds. The molecule has 266 valence electrons. The van der Waals surface area contributed by atoms with Crippen LogP contribution in [0.4, 0.5) is 18.2 Å². The van der Waals surface area contributed by atoms with Crippen LogP contribution >= 0.6 is 22.9 Å². The summed E-state index contributed by atoms with van der Waals surface area (Å²) in [6, 6.07) is 5.99. The fourth-order valence-electron chi connectivity index (χ4n) is 8.59. The van der Waals surface area contributed by atoms with Crippen molar-refractivity contribution in [2.24, 2.45) is 5.92 Å². The number of ether oxygens (including phenoxy) is 2. The lowest BCUT2D eigenvalue weighted by Gasteiger charge is -2.30. The van der Waals surface area contributed by atoms with Gasteiger partial charge in [0.1, 0.15) is 47.3 Å². The fraction of sp³-hybridized carbons (Fsp3) is 0.500. The van der Waals surface area contributed by atoms with Gasteiger partial charge in [-0.25, -0.2) is 13.2 Å². The average molecular weight is 738 g/mol. The molecule has 15 heteroatoms. The van der Waals surface area contributed by atoms with E-state index in [9.17, 15) is 18.8 Å². The third-order valence-corrected chi connectivity index (χ3v) is 12.6. The highest BCUT2D eigenvalue weighted by Gasteiger charge is 2.51. The molecule has 0 bridgehead atoms. The van der Waals surface area contributed by atoms with Crippen molar-refractivity contribution in [2.75, 3.05) is 25.4 Å². The number of thiophene rings is 1. The number of carbonyl (C=O) groups excluding carboxylic acids is 1. The van der Waals surface area contributed by atoms with E-state index < -0.39 is 23.3 Å². The van der Waals surface area contributed by atoms with E-state index in [2.05, 4.69) is 25.5 Å². The smallest absolute Gasteiger partial charge is 0.320 e. The van der Waals surface area contributed by atoms with Crippen LogP contribution in [0.1, 0.15) is 56.9 Å². The Balaban J connectivity index is 1.07. The van der Waals surface area contributed by atoms with E-state index in [1.807, 2.05) is 6.07 Å². The van der Waals surface area contributed by atoms with Crippen molar-refractivity contribution < 1.29 is 27.4 Å². The number of aromatic nitrogens is 2. The van der Waals surface area contributed by atoms with E-state index in [0.29, 0.717) is 38.1 Å². The van der Waals surface area contributed by atoms with Crippen LogP contribution < -0.4 is 25.8 Å². The number of carbonyl (C=O) groups is 1. The lowest BCUT2D eigenvalue weighted by atomic mass is 9.95. The molecule has 4 aromatic rings. The number of nitriles is 1. The number of alkyl halides is 1. The topological polar surface area (TPSA) is 148 Å². The first-order valence-electron chi connectivity index (χ1n) is 17.5. The molecule has 5 fully saturated rings. The van der Waals surface area contributed by atoms with Crippen molar-refractivity contribution in [2.45, 2.75) is 87.3 Å². The minimum Gasteiger partial charge on any atom is -0.474 e. The molecule has 6 atom stereocenters. The molecule has 2 aromatic carbocycles. The molecule has 2 saturated carbocycles. The number of hydrogen-bond donors (Lipinski definition) is 3. The monoisotopic (exact) mass is 737 g/mol. The Morgan fingerprint density at radius 3 is 2.90 bits per heavy atom. The summed E-state index contributed by atoms with van der Waals surface area (Å²) < 4.78 is 59.1. The van der Waals surface area contributed by atoms with Crippen LogP contribution in [0, 0.1) is 28.9 Å². The minimum atomic E-state index is -0.962. The summed E-state index contributed by atoms with van der Waals surface area (Å²) in [4.78, 5) is 24.0. The third-order valence-electron chi connectivity index (χ3n) is 11.3. The molecule has 9 rings (SSSR count). The van der Waals surface area contributed by atoms with Gasteiger partial charge in [-0.3, -0.25) is 15.0 Å². The van der Waals surface area contributed by atoms with E-state index >= 15 is 4.39 Å². The number of nitrogens with one attached hydrogen (secondary N) is 2. The van der Waals surface area contributed by atoms with Crippen LogP contribution in [0.2, 0.25) is 5.02 Å². The first-order valence-corrected chi connectivity index (χ1v) is 18.7. The van der Waals surface area contributed by atoms with Gasteiger partial charge in [0.25, 0.3) is 0 Å². The zero-order chi connectivity index (χ0) is 35.2. The molecular weight excluding hydrogens is 703 g/mol. The zero-order valence-corrected chi connectivity index (χ0v) is 29.1. The van der Waals surface area contributed by atoms with Crippen LogP contribution in [-0.4, -0.2) is 76.4 Å². The quantitative estimate of drug-likeness (QED) is 0.176. The molecule has 2 aliphatic carbocycles. The molecule has 51 heavy (non-hydrogen) atoms. The standard InChI is InChI=1S/C36H35ClF3N7O3S/c37-23-11-21-29(27(40)26(23)20-6-7-24(39)31-25(20)22(13-41)32(42)51-31)45-35(49-15-36-8-1-9-47(36)14-17(38)12-36)46-34(21)50-19-5-4-18(10-19)43-33(48)30-28(44-30)16-2-3-16/h6-7,11,16-19,28,30,44H,1-5,8-10,12,14-15,42H2,(H,43,48)/t17-,18?,19-,28+,30-,36?/m1/s1. The summed E-state index contributed by atoms with van der Waals surface area (Å²) in [5.41, 5.74) is 5.56. The number of halogens is 4. The van der Waals surface area contributed by atoms with Gasteiger partial charge in [0.2, 0.25) is 11.8 Å². The van der Waals surface area contributed by atoms with E-state index in [1.165, 1.54) is 31.0 Å². The molecule has 3 aliphatic heterocycles. The zero-order valence-electron chi connectivity index (χ0n) is 27.5. The van der Waals surface area contributed by atoms with E-state index in [-0.39, 0.29) is 96.3 Å². The Labute approximate surface area is 300 Å². The lowest BCUT2D eigenvalue weighted by Crippen LogP contribution is -2.43. The second-order valence-corrected chi connectivity index (χ2v) is 16.1. The summed E-state index contributed by atoms with van der Waals surface area (Å²) in [5.74, 6) is -0.756. The van der Waals surface area contributed by atoms with Gasteiger partial charge in [-0.05, 0) is 68.7 Å². The summed E-state index contributed by atoms with van der Waals surface area (Å²) in [6.07, 6.45) is 4.90. The van der Waals surface area contributed by atoms with Crippen molar-refractivity contribution in [3.63, 3.8) is 0 Å². The fourth-order valence-corrected chi connectivity index (χ4v) is 9.83. The maximum Gasteiger partial charge on any atom is 0.320 e. The Bertz CT molecular complexity index is 2140. The maximum atomic E-state index is 16.9. The second-order valence-electron chi connectivity index (χ2n) is 14.6. The van der Waals surface area contributed by atoms with Crippen molar-refractivity contribution in [3.05, 3.63) is 40.4 Å². The molecule has 2 aromatic heterocycles. The number of hydrogen-bond acceptors (Lipinski definition) is 10. The lowest BCUT2D eigenvalue weighted by molar-refractivity contribution is -0.121. The highest BCUT2D eigenvalue weighted by Crippen LogP contribution is 2.46. The van der Waals surface area contributed by atoms with Gasteiger partial charge >= 0.3 is 6.01 Å². The number of nitrogens with zero attached hydrogens (tertiary/aromatic N) is 4. The van der Waals surface area contributed by atoms with Crippen molar-refractivity contribution >= 4 is 54.8 Å². The number of fused-ring (bicyclic) bond motifs is 3. The van der Waals surface area contributed by atoms with E-state index in [0.717, 1.165) is 30.7 Å². The highest BCUT2D eigenvalue weighted by atomic mass is 35.5. The molecule has 10 nitrogen and oxygen atoms in total. The Morgan fingerprint density at radius 1 is 1.25 bits per heavy atom. The van der Waals surface area contributed by atoms with Crippen LogP contribution in [0.15, 0.2) is 18.2 Å². The Kier molecular flexibility index (Phi) is 7.99. The maximum absolute atomic E-state index is 16.9. The summed E-state index contributed by atoms with van der Waals surface area (Å²) >= 11 is 7.71. The predicted octanol–water partition coefficient (Wildman–Crippen LogP) is 6.02. The van der Waals surface area contributed by atoms with Crippen LogP contribution in [0.5, 0.6) is 11.9 Å². The summed E-state index contributed by atoms with van der Waals surface area (Å²) in [7, 11) is 0. The minimum absolute atomic E-state index is 0.00621. The normalized spacial score (nSPS) is 28.6. The van der Waals surface area contributed by atoms with Gasteiger partial charge in [-0.2, -0.15) is 15.2 Å². The van der Waals surface area contributed by atoms with E-state index in [4.69, 9.17) is 26.8 Å². The second kappa shape index (κ2) is 12.4. The Morgan fingerprint density at radius 2 is 2.10 bits per heavy atom. The van der Waals surface area contributed by atoms with Crippen LogP contribution in [0.25, 0.3) is 32.1 Å². The van der Waals surface area contributed by atoms with Crippen molar-refractivity contribution in [3.8, 4) is 29.1 Å². The number of rotatable bonds is 9. The first-order chi connectivity index (χ1) is 24.6. The molecule has 5 heterocycles. The molecule has 0 radical (unpaired) electrons. The highest BCUT2D eigenvalue weighted by molar-refractivity contribution is 7.23. The molecule has 4 N–H and O–H groups in total. The number of benzene rings is 2.